The molecule has 0 unspecified atom stereocenters. The van der Waals surface area contributed by atoms with Crippen molar-refractivity contribution in [3.05, 3.63) is 0 Å². The van der Waals surface area contributed by atoms with Crippen LogP contribution >= 0.6 is 0 Å². The SMILES string of the molecule is NCC(=O)CCC(=O)OC(F)(F)C(=O)O. The number of ketones is 1. The zero-order chi connectivity index (χ0) is 12.1. The molecule has 0 amide bonds. The highest BCUT2D eigenvalue weighted by Gasteiger charge is 2.43. The number of alkyl halides is 2. The fraction of sp³-hybridized carbons (Fsp3) is 0.571. The van der Waals surface area contributed by atoms with Gasteiger partial charge in [-0.1, -0.05) is 0 Å². The van der Waals surface area contributed by atoms with Gasteiger partial charge in [0.25, 0.3) is 0 Å². The largest absolute Gasteiger partial charge is 0.503 e. The van der Waals surface area contributed by atoms with Gasteiger partial charge in [-0.2, -0.15) is 8.78 Å². The summed E-state index contributed by atoms with van der Waals surface area (Å²) in [7, 11) is 0. The predicted molar refractivity (Wildman–Crippen MR) is 42.0 cm³/mol. The first kappa shape index (κ1) is 13.4. The highest BCUT2D eigenvalue weighted by atomic mass is 19.3. The Morgan fingerprint density at radius 2 is 1.80 bits per heavy atom. The number of hydrogen-bond acceptors (Lipinski definition) is 5. The summed E-state index contributed by atoms with van der Waals surface area (Å²) in [5.41, 5.74) is 4.89. The molecule has 0 aliphatic heterocycles. The van der Waals surface area contributed by atoms with Crippen LogP contribution in [-0.2, 0) is 19.1 Å². The number of carboxylic acids is 1. The van der Waals surface area contributed by atoms with Crippen LogP contribution < -0.4 is 5.73 Å². The molecule has 6 nitrogen and oxygen atoms in total. The van der Waals surface area contributed by atoms with Gasteiger partial charge in [0.2, 0.25) is 0 Å². The number of nitrogens with two attached hydrogens (primary N) is 1. The minimum absolute atomic E-state index is 0.317. The minimum atomic E-state index is -4.57. The molecular weight excluding hydrogens is 216 g/mol. The van der Waals surface area contributed by atoms with E-state index in [0.29, 0.717) is 0 Å². The van der Waals surface area contributed by atoms with Crippen molar-refractivity contribution in [2.45, 2.75) is 19.0 Å². The van der Waals surface area contributed by atoms with E-state index in [-0.39, 0.29) is 13.0 Å². The van der Waals surface area contributed by atoms with Gasteiger partial charge in [-0.3, -0.25) is 9.59 Å². The van der Waals surface area contributed by atoms with Gasteiger partial charge in [-0.05, 0) is 0 Å². The third-order valence-electron chi connectivity index (χ3n) is 1.33. The van der Waals surface area contributed by atoms with Crippen LogP contribution in [0.15, 0.2) is 0 Å². The predicted octanol–water partition coefficient (Wildman–Crippen LogP) is -0.485. The van der Waals surface area contributed by atoms with Gasteiger partial charge in [0.05, 0.1) is 13.0 Å². The molecule has 15 heavy (non-hydrogen) atoms. The molecule has 0 bridgehead atoms. The summed E-state index contributed by atoms with van der Waals surface area (Å²) in [5, 5.41) is 7.90. The molecule has 0 aromatic carbocycles. The van der Waals surface area contributed by atoms with Crippen molar-refractivity contribution >= 4 is 17.7 Å². The van der Waals surface area contributed by atoms with Crippen molar-refractivity contribution in [1.29, 1.82) is 0 Å². The van der Waals surface area contributed by atoms with E-state index < -0.39 is 30.3 Å². The minimum Gasteiger partial charge on any atom is -0.474 e. The van der Waals surface area contributed by atoms with E-state index in [0.717, 1.165) is 0 Å². The monoisotopic (exact) mass is 225 g/mol. The molecule has 0 aliphatic carbocycles. The number of halogens is 2. The molecule has 0 saturated carbocycles. The Labute approximate surface area is 83.0 Å². The van der Waals surface area contributed by atoms with E-state index in [2.05, 4.69) is 4.74 Å². The first-order valence-electron chi connectivity index (χ1n) is 3.84. The fourth-order valence-electron chi connectivity index (χ4n) is 0.581. The van der Waals surface area contributed by atoms with E-state index in [1.54, 1.807) is 0 Å². The quantitative estimate of drug-likeness (QED) is 0.591. The fourth-order valence-corrected chi connectivity index (χ4v) is 0.581. The molecule has 0 saturated heterocycles. The second kappa shape index (κ2) is 5.35. The number of hydrogen-bond donors (Lipinski definition) is 2. The molecule has 0 rings (SSSR count). The number of rotatable bonds is 6. The van der Waals surface area contributed by atoms with Crippen LogP contribution in [0.2, 0.25) is 0 Å². The second-order valence-electron chi connectivity index (χ2n) is 2.54. The first-order chi connectivity index (χ1) is 6.79. The van der Waals surface area contributed by atoms with E-state index in [9.17, 15) is 23.2 Å². The van der Waals surface area contributed by atoms with Gasteiger partial charge in [0.15, 0.2) is 0 Å². The summed E-state index contributed by atoms with van der Waals surface area (Å²) >= 11 is 0. The highest BCUT2D eigenvalue weighted by molar-refractivity contribution is 5.85. The van der Waals surface area contributed by atoms with Crippen LogP contribution in [0, 0.1) is 0 Å². The van der Waals surface area contributed by atoms with E-state index in [1.807, 2.05) is 0 Å². The molecule has 0 radical (unpaired) electrons. The van der Waals surface area contributed by atoms with E-state index in [1.165, 1.54) is 0 Å². The Morgan fingerprint density at radius 3 is 2.20 bits per heavy atom. The molecule has 0 aromatic rings. The van der Waals surface area contributed by atoms with Crippen molar-refractivity contribution in [2.75, 3.05) is 6.54 Å². The molecule has 0 aromatic heterocycles. The maximum absolute atomic E-state index is 12.3. The zero-order valence-corrected chi connectivity index (χ0v) is 7.53. The third kappa shape index (κ3) is 5.01. The van der Waals surface area contributed by atoms with Gasteiger partial charge < -0.3 is 15.6 Å². The normalized spacial score (nSPS) is 10.9. The average molecular weight is 225 g/mol. The summed E-state index contributed by atoms with van der Waals surface area (Å²) in [4.78, 5) is 31.0. The Bertz CT molecular complexity index is 279. The highest BCUT2D eigenvalue weighted by Crippen LogP contribution is 2.16. The molecule has 3 N–H and O–H groups in total. The van der Waals surface area contributed by atoms with Crippen molar-refractivity contribution in [3.63, 3.8) is 0 Å². The third-order valence-corrected chi connectivity index (χ3v) is 1.33. The molecule has 0 heterocycles. The molecule has 0 atom stereocenters. The molecule has 0 fully saturated rings. The molecule has 0 aliphatic rings. The second-order valence-corrected chi connectivity index (χ2v) is 2.54. The lowest BCUT2D eigenvalue weighted by Gasteiger charge is -2.10. The van der Waals surface area contributed by atoms with E-state index >= 15 is 0 Å². The zero-order valence-electron chi connectivity index (χ0n) is 7.53. The summed E-state index contributed by atoms with van der Waals surface area (Å²) < 4.78 is 27.8. The number of carbonyl (C=O) groups excluding carboxylic acids is 2. The van der Waals surface area contributed by atoms with Crippen LogP contribution in [0.3, 0.4) is 0 Å². The number of aliphatic carboxylic acids is 1. The van der Waals surface area contributed by atoms with Crippen molar-refractivity contribution < 1.29 is 33.0 Å². The smallest absolute Gasteiger partial charge is 0.474 e. The number of ether oxygens (including phenoxy) is 1. The van der Waals surface area contributed by atoms with Gasteiger partial charge in [-0.25, -0.2) is 4.79 Å². The Kier molecular flexibility index (Phi) is 4.79. The standard InChI is InChI=1S/C7H9F2NO5/c8-7(9,6(13)14)15-5(12)2-1-4(11)3-10/h1-3,10H2,(H,13,14). The van der Waals surface area contributed by atoms with Crippen LogP contribution in [0.1, 0.15) is 12.8 Å². The molecular formula is C7H9F2NO5. The Morgan fingerprint density at radius 1 is 1.27 bits per heavy atom. The maximum Gasteiger partial charge on any atom is 0.503 e. The van der Waals surface area contributed by atoms with E-state index in [4.69, 9.17) is 10.8 Å². The van der Waals surface area contributed by atoms with Crippen LogP contribution in [0.25, 0.3) is 0 Å². The van der Waals surface area contributed by atoms with Crippen LogP contribution in [0.4, 0.5) is 8.78 Å². The molecule has 8 heteroatoms. The molecule has 0 spiro atoms. The molecule has 86 valence electrons. The summed E-state index contributed by atoms with van der Waals surface area (Å²) in [5.74, 6) is -4.55. The van der Waals surface area contributed by atoms with Crippen LogP contribution in [0.5, 0.6) is 0 Å². The Hall–Kier alpha value is -1.57. The summed E-state index contributed by atoms with van der Waals surface area (Å²) in [6, 6.07) is 0. The van der Waals surface area contributed by atoms with Gasteiger partial charge >= 0.3 is 18.0 Å². The summed E-state index contributed by atoms with van der Waals surface area (Å²) in [6.45, 7) is -0.317. The first-order valence-corrected chi connectivity index (χ1v) is 3.84. The van der Waals surface area contributed by atoms with Gasteiger partial charge in [-0.15, -0.1) is 0 Å². The lowest BCUT2D eigenvalue weighted by atomic mass is 10.2. The van der Waals surface area contributed by atoms with Crippen molar-refractivity contribution in [2.24, 2.45) is 5.73 Å². The van der Waals surface area contributed by atoms with Gasteiger partial charge in [0, 0.05) is 6.42 Å². The van der Waals surface area contributed by atoms with Gasteiger partial charge in [0.1, 0.15) is 5.78 Å². The number of carboxylic acid groups (broad SMARTS) is 1. The topological polar surface area (TPSA) is 107 Å². The maximum atomic E-state index is 12.3. The van der Waals surface area contributed by atoms with Crippen molar-refractivity contribution in [3.8, 4) is 0 Å². The summed E-state index contributed by atoms with van der Waals surface area (Å²) in [6.07, 6.45) is -5.55. The Balaban J connectivity index is 4.04. The average Bonchev–Trinajstić information content (AvgIpc) is 2.13. The number of carbonyl (C=O) groups is 3. The van der Waals surface area contributed by atoms with Crippen LogP contribution in [-0.4, -0.2) is 35.5 Å². The lowest BCUT2D eigenvalue weighted by molar-refractivity contribution is -0.240. The lowest BCUT2D eigenvalue weighted by Crippen LogP contribution is -2.34. The number of esters is 1. The van der Waals surface area contributed by atoms with Crippen molar-refractivity contribution in [1.82, 2.24) is 0 Å². The number of Topliss-reactive ketones (excluding diaryl/α,β-unsaturated/α-hetero) is 1.